The molecular weight excluding hydrogens is 282 g/mol. The van der Waals surface area contributed by atoms with E-state index in [9.17, 15) is 9.59 Å². The molecule has 0 radical (unpaired) electrons. The molecule has 0 unspecified atom stereocenters. The zero-order valence-corrected chi connectivity index (χ0v) is 13.6. The van der Waals surface area contributed by atoms with E-state index >= 15 is 0 Å². The van der Waals surface area contributed by atoms with Crippen LogP contribution in [-0.4, -0.2) is 39.1 Å². The van der Waals surface area contributed by atoms with Gasteiger partial charge in [-0.25, -0.2) is 4.79 Å². The van der Waals surface area contributed by atoms with Gasteiger partial charge in [0.25, 0.3) is 5.91 Å². The minimum atomic E-state index is -0.591. The molecule has 120 valence electrons. The smallest absolute Gasteiger partial charge is 0.332 e. The number of ether oxygens (including phenoxy) is 1. The van der Waals surface area contributed by atoms with Gasteiger partial charge in [-0.3, -0.25) is 4.79 Å². The van der Waals surface area contributed by atoms with E-state index in [1.807, 2.05) is 57.1 Å². The molecule has 0 heterocycles. The molecule has 2 N–H and O–H groups in total. The minimum absolute atomic E-state index is 0.0357. The maximum absolute atomic E-state index is 12.1. The molecule has 0 saturated carbocycles. The van der Waals surface area contributed by atoms with Gasteiger partial charge in [-0.1, -0.05) is 0 Å². The molecule has 6 nitrogen and oxygen atoms in total. The summed E-state index contributed by atoms with van der Waals surface area (Å²) >= 11 is 0. The van der Waals surface area contributed by atoms with Crippen LogP contribution in [0.2, 0.25) is 0 Å². The van der Waals surface area contributed by atoms with Crippen molar-refractivity contribution in [3.63, 3.8) is 0 Å². The fraction of sp³-hybridized carbons (Fsp3) is 0.375. The lowest BCUT2D eigenvalue weighted by Crippen LogP contribution is -2.34. The maximum Gasteiger partial charge on any atom is 0.332 e. The third-order valence-electron chi connectivity index (χ3n) is 2.79. The molecule has 0 spiro atoms. The minimum Gasteiger partial charge on any atom is -0.466 e. The number of nitrogens with zero attached hydrogens (tertiary/aromatic N) is 1. The molecule has 1 aromatic carbocycles. The quantitative estimate of drug-likeness (QED) is 0.619. The largest absolute Gasteiger partial charge is 0.466 e. The third-order valence-corrected chi connectivity index (χ3v) is 2.79. The van der Waals surface area contributed by atoms with Crippen LogP contribution in [0.3, 0.4) is 0 Å². The summed E-state index contributed by atoms with van der Waals surface area (Å²) in [6.45, 7) is 3.69. The Labute approximate surface area is 131 Å². The first kappa shape index (κ1) is 17.6. The second-order valence-corrected chi connectivity index (χ2v) is 5.28. The first-order valence-electron chi connectivity index (χ1n) is 6.98. The van der Waals surface area contributed by atoms with Crippen LogP contribution in [0, 0.1) is 0 Å². The van der Waals surface area contributed by atoms with Crippen molar-refractivity contribution < 1.29 is 14.3 Å². The lowest BCUT2D eigenvalue weighted by molar-refractivity contribution is -0.135. The summed E-state index contributed by atoms with van der Waals surface area (Å²) in [5, 5.41) is 5.68. The van der Waals surface area contributed by atoms with Gasteiger partial charge in [0.05, 0.1) is 13.2 Å². The Bertz CT molecular complexity index is 548. The van der Waals surface area contributed by atoms with Crippen LogP contribution in [0.25, 0.3) is 0 Å². The van der Waals surface area contributed by atoms with E-state index in [1.54, 1.807) is 0 Å². The van der Waals surface area contributed by atoms with Crippen LogP contribution in [0.1, 0.15) is 13.8 Å². The van der Waals surface area contributed by atoms with Crippen molar-refractivity contribution in [3.05, 3.63) is 36.0 Å². The van der Waals surface area contributed by atoms with Crippen LogP contribution < -0.4 is 15.5 Å². The molecule has 0 fully saturated rings. The van der Waals surface area contributed by atoms with E-state index in [0.29, 0.717) is 5.69 Å². The highest BCUT2D eigenvalue weighted by Gasteiger charge is 2.13. The van der Waals surface area contributed by atoms with E-state index in [-0.39, 0.29) is 17.6 Å². The van der Waals surface area contributed by atoms with Gasteiger partial charge in [-0.05, 0) is 38.1 Å². The molecule has 1 rings (SSSR count). The summed E-state index contributed by atoms with van der Waals surface area (Å²) in [5.41, 5.74) is 1.88. The van der Waals surface area contributed by atoms with E-state index < -0.39 is 5.97 Å². The number of carbonyl (C=O) groups is 2. The SMILES string of the molecule is COC(=O)/C=C(\Nc1ccc(N(C)C)cc1)C(=O)NC(C)C. The van der Waals surface area contributed by atoms with Gasteiger partial charge in [0.15, 0.2) is 0 Å². The average Bonchev–Trinajstić information content (AvgIpc) is 2.46. The third kappa shape index (κ3) is 5.47. The van der Waals surface area contributed by atoms with Crippen molar-refractivity contribution in [1.82, 2.24) is 5.32 Å². The Kier molecular flexibility index (Phi) is 6.44. The van der Waals surface area contributed by atoms with Crippen molar-refractivity contribution in [3.8, 4) is 0 Å². The monoisotopic (exact) mass is 305 g/mol. The van der Waals surface area contributed by atoms with Gasteiger partial charge < -0.3 is 20.3 Å². The Balaban J connectivity index is 2.95. The number of hydrogen-bond acceptors (Lipinski definition) is 5. The van der Waals surface area contributed by atoms with E-state index in [0.717, 1.165) is 11.8 Å². The van der Waals surface area contributed by atoms with Gasteiger partial charge in [-0.2, -0.15) is 0 Å². The number of nitrogens with one attached hydrogen (secondary N) is 2. The molecule has 1 aromatic rings. The molecule has 0 bridgehead atoms. The molecule has 0 aliphatic rings. The summed E-state index contributed by atoms with van der Waals surface area (Å²) in [6, 6.07) is 7.47. The van der Waals surface area contributed by atoms with Crippen molar-refractivity contribution in [2.45, 2.75) is 19.9 Å². The molecule has 6 heteroatoms. The molecule has 0 aliphatic carbocycles. The summed E-state index contributed by atoms with van der Waals surface area (Å²) in [6.07, 6.45) is 1.14. The highest BCUT2D eigenvalue weighted by molar-refractivity contribution is 6.01. The Hall–Kier alpha value is -2.50. The van der Waals surface area contributed by atoms with E-state index in [4.69, 9.17) is 0 Å². The Morgan fingerprint density at radius 1 is 1.18 bits per heavy atom. The summed E-state index contributed by atoms with van der Waals surface area (Å²) in [4.78, 5) is 25.5. The number of esters is 1. The lowest BCUT2D eigenvalue weighted by atomic mass is 10.2. The summed E-state index contributed by atoms with van der Waals surface area (Å²) in [5.74, 6) is -0.955. The van der Waals surface area contributed by atoms with Crippen LogP contribution in [0.5, 0.6) is 0 Å². The predicted molar refractivity (Wildman–Crippen MR) is 87.8 cm³/mol. The standard InChI is InChI=1S/C16H23N3O3/c1-11(2)17-16(21)14(10-15(20)22-5)18-12-6-8-13(9-7-12)19(3)4/h6-11,18H,1-5H3,(H,17,21)/b14-10-. The zero-order valence-electron chi connectivity index (χ0n) is 13.6. The second-order valence-electron chi connectivity index (χ2n) is 5.28. The lowest BCUT2D eigenvalue weighted by Gasteiger charge is -2.15. The number of methoxy groups -OCH3 is 1. The van der Waals surface area contributed by atoms with Crippen molar-refractivity contribution in [2.75, 3.05) is 31.4 Å². The Morgan fingerprint density at radius 3 is 2.23 bits per heavy atom. The van der Waals surface area contributed by atoms with E-state index in [1.165, 1.54) is 7.11 Å². The average molecular weight is 305 g/mol. The molecule has 0 saturated heterocycles. The number of carbonyl (C=O) groups excluding carboxylic acids is 2. The number of amides is 1. The van der Waals surface area contributed by atoms with E-state index in [2.05, 4.69) is 15.4 Å². The number of hydrogen-bond donors (Lipinski definition) is 2. The topological polar surface area (TPSA) is 70.7 Å². The molecule has 0 aliphatic heterocycles. The second kappa shape index (κ2) is 8.07. The molecule has 0 aromatic heterocycles. The number of anilines is 2. The van der Waals surface area contributed by atoms with Crippen LogP contribution in [0.15, 0.2) is 36.0 Å². The van der Waals surface area contributed by atoms with Gasteiger partial charge in [0.1, 0.15) is 5.70 Å². The van der Waals surface area contributed by atoms with Crippen molar-refractivity contribution >= 4 is 23.3 Å². The van der Waals surface area contributed by atoms with Gasteiger partial charge in [-0.15, -0.1) is 0 Å². The molecular formula is C16H23N3O3. The first-order valence-corrected chi connectivity index (χ1v) is 6.98. The highest BCUT2D eigenvalue weighted by atomic mass is 16.5. The fourth-order valence-corrected chi connectivity index (χ4v) is 1.67. The predicted octanol–water partition coefficient (Wildman–Crippen LogP) is 1.75. The van der Waals surface area contributed by atoms with Gasteiger partial charge in [0, 0.05) is 31.5 Å². The summed E-state index contributed by atoms with van der Waals surface area (Å²) in [7, 11) is 5.16. The van der Waals surface area contributed by atoms with Crippen LogP contribution in [0.4, 0.5) is 11.4 Å². The Morgan fingerprint density at radius 2 is 1.77 bits per heavy atom. The maximum atomic E-state index is 12.1. The fourth-order valence-electron chi connectivity index (χ4n) is 1.67. The number of benzene rings is 1. The van der Waals surface area contributed by atoms with Crippen molar-refractivity contribution in [1.29, 1.82) is 0 Å². The number of rotatable bonds is 6. The normalized spacial score (nSPS) is 11.1. The molecule has 0 atom stereocenters. The molecule has 22 heavy (non-hydrogen) atoms. The zero-order chi connectivity index (χ0) is 16.7. The van der Waals surface area contributed by atoms with Gasteiger partial charge >= 0.3 is 5.97 Å². The van der Waals surface area contributed by atoms with Crippen LogP contribution >= 0.6 is 0 Å². The first-order chi connectivity index (χ1) is 10.3. The highest BCUT2D eigenvalue weighted by Crippen LogP contribution is 2.17. The summed E-state index contributed by atoms with van der Waals surface area (Å²) < 4.78 is 4.58. The molecule has 1 amide bonds. The van der Waals surface area contributed by atoms with Crippen molar-refractivity contribution in [2.24, 2.45) is 0 Å². The van der Waals surface area contributed by atoms with Crippen LogP contribution in [-0.2, 0) is 14.3 Å². The van der Waals surface area contributed by atoms with Gasteiger partial charge in [0.2, 0.25) is 0 Å².